The molecule has 2 heterocycles. The molecule has 0 N–H and O–H groups in total. The summed E-state index contributed by atoms with van der Waals surface area (Å²) in [7, 11) is 0. The van der Waals surface area contributed by atoms with Crippen LogP contribution in [-0.4, -0.2) is 60.1 Å². The zero-order valence-electron chi connectivity index (χ0n) is 18.5. The molecule has 174 valence electrons. The summed E-state index contributed by atoms with van der Waals surface area (Å²) in [4.78, 5) is 33.0. The minimum atomic E-state index is -0.529. The Labute approximate surface area is 200 Å². The summed E-state index contributed by atoms with van der Waals surface area (Å²) in [5.41, 5.74) is 3.04. The lowest BCUT2D eigenvalue weighted by molar-refractivity contribution is -0.384. The van der Waals surface area contributed by atoms with E-state index in [1.165, 1.54) is 29.5 Å². The number of anilines is 1. The van der Waals surface area contributed by atoms with Crippen molar-refractivity contribution in [3.8, 4) is 0 Å². The maximum absolute atomic E-state index is 13.6. The van der Waals surface area contributed by atoms with E-state index in [0.717, 1.165) is 47.4 Å². The fourth-order valence-corrected chi connectivity index (χ4v) is 5.05. The van der Waals surface area contributed by atoms with Gasteiger partial charge in [0.1, 0.15) is 0 Å². The van der Waals surface area contributed by atoms with Crippen LogP contribution in [0.15, 0.2) is 30.3 Å². The van der Waals surface area contributed by atoms with Crippen LogP contribution in [0.3, 0.4) is 0 Å². The Morgan fingerprint density at radius 2 is 1.97 bits per heavy atom. The molecule has 1 aliphatic heterocycles. The smallest absolute Gasteiger partial charge is 0.270 e. The molecule has 1 fully saturated rings. The average Bonchev–Trinajstić information content (AvgIpc) is 3.19. The molecule has 1 aromatic heterocycles. The van der Waals surface area contributed by atoms with Crippen LogP contribution in [-0.2, 0) is 4.74 Å². The van der Waals surface area contributed by atoms with Gasteiger partial charge in [-0.2, -0.15) is 0 Å². The molecule has 0 aliphatic carbocycles. The fourth-order valence-electron chi connectivity index (χ4n) is 3.78. The number of nitrogens with zero attached hydrogens (tertiary/aromatic N) is 4. The molecule has 1 amide bonds. The Kier molecular flexibility index (Phi) is 7.23. The third kappa shape index (κ3) is 5.33. The monoisotopic (exact) mass is 488 g/mol. The SMILES string of the molecule is Cc1cc2nc(N(CCCN3CCOCC3)C(=O)c3cc([N+](=O)[O-])ccc3Cl)sc2cc1C. The Morgan fingerprint density at radius 1 is 1.24 bits per heavy atom. The number of amides is 1. The molecular formula is C23H25ClN4O4S. The van der Waals surface area contributed by atoms with E-state index in [1.807, 2.05) is 19.9 Å². The van der Waals surface area contributed by atoms with Crippen molar-refractivity contribution in [1.29, 1.82) is 0 Å². The number of morpholine rings is 1. The topological polar surface area (TPSA) is 88.8 Å². The van der Waals surface area contributed by atoms with Crippen LogP contribution in [0.2, 0.25) is 5.02 Å². The molecule has 0 atom stereocenters. The Morgan fingerprint density at radius 3 is 2.70 bits per heavy atom. The number of rotatable bonds is 7. The van der Waals surface area contributed by atoms with Gasteiger partial charge in [-0.3, -0.25) is 24.7 Å². The van der Waals surface area contributed by atoms with Crippen LogP contribution in [0.1, 0.15) is 27.9 Å². The van der Waals surface area contributed by atoms with E-state index in [4.69, 9.17) is 21.3 Å². The number of non-ortho nitro benzene ring substituents is 1. The van der Waals surface area contributed by atoms with Crippen molar-refractivity contribution in [2.24, 2.45) is 0 Å². The minimum absolute atomic E-state index is 0.101. The lowest BCUT2D eigenvalue weighted by Gasteiger charge is -2.27. The zero-order valence-corrected chi connectivity index (χ0v) is 20.1. The van der Waals surface area contributed by atoms with Gasteiger partial charge in [0.15, 0.2) is 5.13 Å². The van der Waals surface area contributed by atoms with E-state index < -0.39 is 10.8 Å². The minimum Gasteiger partial charge on any atom is -0.379 e. The summed E-state index contributed by atoms with van der Waals surface area (Å²) in [5, 5.41) is 12.0. The maximum atomic E-state index is 13.6. The molecule has 3 aromatic rings. The first kappa shape index (κ1) is 23.6. The second-order valence-electron chi connectivity index (χ2n) is 8.09. The van der Waals surface area contributed by atoms with Gasteiger partial charge in [0.2, 0.25) is 0 Å². The number of nitro groups is 1. The number of fused-ring (bicyclic) bond motifs is 1. The second-order valence-corrected chi connectivity index (χ2v) is 9.50. The van der Waals surface area contributed by atoms with Crippen LogP contribution < -0.4 is 4.90 Å². The molecule has 1 aliphatic rings. The Hall–Kier alpha value is -2.59. The molecule has 33 heavy (non-hydrogen) atoms. The van der Waals surface area contributed by atoms with Crippen LogP contribution in [0.25, 0.3) is 10.2 Å². The van der Waals surface area contributed by atoms with Gasteiger partial charge in [0, 0.05) is 38.3 Å². The van der Waals surface area contributed by atoms with Crippen molar-refractivity contribution in [3.63, 3.8) is 0 Å². The van der Waals surface area contributed by atoms with Crippen LogP contribution in [0, 0.1) is 24.0 Å². The lowest BCUT2D eigenvalue weighted by Crippen LogP contribution is -2.39. The van der Waals surface area contributed by atoms with Crippen molar-refractivity contribution in [2.75, 3.05) is 44.3 Å². The van der Waals surface area contributed by atoms with Gasteiger partial charge in [-0.1, -0.05) is 22.9 Å². The molecule has 0 spiro atoms. The molecule has 0 radical (unpaired) electrons. The summed E-state index contributed by atoms with van der Waals surface area (Å²) in [5.74, 6) is -0.391. The van der Waals surface area contributed by atoms with Crippen LogP contribution >= 0.6 is 22.9 Å². The fraction of sp³-hybridized carbons (Fsp3) is 0.391. The highest BCUT2D eigenvalue weighted by molar-refractivity contribution is 7.22. The Bertz CT molecular complexity index is 1150. The van der Waals surface area contributed by atoms with Crippen molar-refractivity contribution in [2.45, 2.75) is 20.3 Å². The highest BCUT2D eigenvalue weighted by Crippen LogP contribution is 2.33. The number of carbonyl (C=O) groups is 1. The number of hydrogen-bond donors (Lipinski definition) is 0. The van der Waals surface area contributed by atoms with Crippen LogP contribution in [0.4, 0.5) is 10.8 Å². The van der Waals surface area contributed by atoms with E-state index in [0.29, 0.717) is 24.9 Å². The van der Waals surface area contributed by atoms with Crippen molar-refractivity contribution < 1.29 is 14.5 Å². The first-order chi connectivity index (χ1) is 15.8. The predicted molar refractivity (Wildman–Crippen MR) is 131 cm³/mol. The zero-order chi connectivity index (χ0) is 23.5. The maximum Gasteiger partial charge on any atom is 0.270 e. The molecular weight excluding hydrogens is 464 g/mol. The van der Waals surface area contributed by atoms with Crippen molar-refractivity contribution >= 4 is 49.9 Å². The van der Waals surface area contributed by atoms with Gasteiger partial charge < -0.3 is 4.74 Å². The molecule has 0 saturated carbocycles. The molecule has 10 heteroatoms. The predicted octanol–water partition coefficient (Wildman–Crippen LogP) is 4.84. The molecule has 2 aromatic carbocycles. The average molecular weight is 489 g/mol. The third-order valence-electron chi connectivity index (χ3n) is 5.82. The van der Waals surface area contributed by atoms with E-state index in [9.17, 15) is 14.9 Å². The molecule has 0 unspecified atom stereocenters. The standard InChI is InChI=1S/C23H25ClN4O4S/c1-15-12-20-21(13-16(15)2)33-23(25-20)27(7-3-6-26-8-10-32-11-9-26)22(29)18-14-17(28(30)31)4-5-19(18)24/h4-5,12-14H,3,6-11H2,1-2H3. The quantitative estimate of drug-likeness (QED) is 0.349. The first-order valence-corrected chi connectivity index (χ1v) is 12.0. The highest BCUT2D eigenvalue weighted by Gasteiger charge is 2.25. The van der Waals surface area contributed by atoms with Gasteiger partial charge in [0.05, 0.1) is 38.9 Å². The number of thiazole rings is 1. The number of halogens is 1. The van der Waals surface area contributed by atoms with Gasteiger partial charge >= 0.3 is 0 Å². The van der Waals surface area contributed by atoms with E-state index in [2.05, 4.69) is 11.0 Å². The highest BCUT2D eigenvalue weighted by atomic mass is 35.5. The third-order valence-corrected chi connectivity index (χ3v) is 7.19. The molecule has 4 rings (SSSR count). The van der Waals surface area contributed by atoms with Gasteiger partial charge in [-0.05, 0) is 49.6 Å². The number of hydrogen-bond acceptors (Lipinski definition) is 7. The van der Waals surface area contributed by atoms with E-state index in [-0.39, 0.29) is 16.3 Å². The second kappa shape index (κ2) is 10.1. The molecule has 0 bridgehead atoms. The van der Waals surface area contributed by atoms with Crippen LogP contribution in [0.5, 0.6) is 0 Å². The molecule has 1 saturated heterocycles. The largest absolute Gasteiger partial charge is 0.379 e. The summed E-state index contributed by atoms with van der Waals surface area (Å²) in [6, 6.07) is 8.01. The van der Waals surface area contributed by atoms with Gasteiger partial charge in [0.25, 0.3) is 11.6 Å². The normalized spacial score (nSPS) is 14.5. The number of benzene rings is 2. The number of nitro benzene ring substituents is 1. The number of carbonyl (C=O) groups excluding carboxylic acids is 1. The number of ether oxygens (including phenoxy) is 1. The Balaban J connectivity index is 1.65. The first-order valence-electron chi connectivity index (χ1n) is 10.8. The summed E-state index contributed by atoms with van der Waals surface area (Å²) >= 11 is 7.73. The van der Waals surface area contributed by atoms with E-state index >= 15 is 0 Å². The molecule has 8 nitrogen and oxygen atoms in total. The number of aromatic nitrogens is 1. The lowest BCUT2D eigenvalue weighted by atomic mass is 10.1. The van der Waals surface area contributed by atoms with Crippen molar-refractivity contribution in [3.05, 3.63) is 62.2 Å². The van der Waals surface area contributed by atoms with Gasteiger partial charge in [-0.25, -0.2) is 4.98 Å². The van der Waals surface area contributed by atoms with Crippen molar-refractivity contribution in [1.82, 2.24) is 9.88 Å². The number of aryl methyl sites for hydroxylation is 2. The summed E-state index contributed by atoms with van der Waals surface area (Å²) < 4.78 is 6.39. The van der Waals surface area contributed by atoms with E-state index in [1.54, 1.807) is 4.90 Å². The van der Waals surface area contributed by atoms with Gasteiger partial charge in [-0.15, -0.1) is 0 Å². The summed E-state index contributed by atoms with van der Waals surface area (Å²) in [6.45, 7) is 8.47. The summed E-state index contributed by atoms with van der Waals surface area (Å²) in [6.07, 6.45) is 0.728.